The van der Waals surface area contributed by atoms with Gasteiger partial charge in [0.15, 0.2) is 5.78 Å². The van der Waals surface area contributed by atoms with Crippen molar-refractivity contribution in [2.45, 2.75) is 18.1 Å². The van der Waals surface area contributed by atoms with Crippen LogP contribution in [0.4, 0.5) is 0 Å². The predicted octanol–water partition coefficient (Wildman–Crippen LogP) is 6.02. The maximum atomic E-state index is 12.1. The summed E-state index contributed by atoms with van der Waals surface area (Å²) in [6.45, 7) is 0. The fraction of sp³-hybridized carbons (Fsp3) is 0.167. The highest BCUT2D eigenvalue weighted by molar-refractivity contribution is 9.10. The third-order valence-corrected chi connectivity index (χ3v) is 5.58. The average molecular weight is 482 g/mol. The number of hydrogen-bond acceptors (Lipinski definition) is 5. The second-order valence-electron chi connectivity index (χ2n) is 5.24. The number of halogens is 2. The molecule has 2 aromatic carbocycles. The minimum absolute atomic E-state index is 0.146. The van der Waals surface area contributed by atoms with Crippen LogP contribution in [0.1, 0.15) is 23.2 Å². The number of carbonyl (C=O) groups is 1. The van der Waals surface area contributed by atoms with E-state index in [1.54, 1.807) is 0 Å². The predicted molar refractivity (Wildman–Crippen MR) is 106 cm³/mol. The van der Waals surface area contributed by atoms with Crippen molar-refractivity contribution in [3.05, 3.63) is 63.0 Å². The fourth-order valence-corrected chi connectivity index (χ4v) is 3.60. The van der Waals surface area contributed by atoms with Gasteiger partial charge in [0.1, 0.15) is 0 Å². The molecule has 0 aliphatic carbocycles. The van der Waals surface area contributed by atoms with E-state index in [0.717, 1.165) is 32.2 Å². The summed E-state index contributed by atoms with van der Waals surface area (Å²) in [4.78, 5) is 12.1. The van der Waals surface area contributed by atoms with E-state index in [-0.39, 0.29) is 5.78 Å². The van der Waals surface area contributed by atoms with Crippen molar-refractivity contribution in [2.75, 3.05) is 5.75 Å². The van der Waals surface area contributed by atoms with Gasteiger partial charge in [-0.05, 0) is 46.6 Å². The average Bonchev–Trinajstić information content (AvgIpc) is 3.08. The Labute approximate surface area is 166 Å². The number of ketones is 1. The summed E-state index contributed by atoms with van der Waals surface area (Å²) in [5.74, 6) is 1.38. The smallest absolute Gasteiger partial charge is 0.276 e. The Morgan fingerprint density at radius 2 is 1.80 bits per heavy atom. The van der Waals surface area contributed by atoms with Crippen LogP contribution >= 0.6 is 43.6 Å². The summed E-state index contributed by atoms with van der Waals surface area (Å²) in [5.41, 5.74) is 1.61. The van der Waals surface area contributed by atoms with E-state index < -0.39 is 0 Å². The molecule has 7 heteroatoms. The summed E-state index contributed by atoms with van der Waals surface area (Å²) < 4.78 is 7.56. The van der Waals surface area contributed by atoms with E-state index in [0.29, 0.717) is 17.5 Å². The van der Waals surface area contributed by atoms with Crippen molar-refractivity contribution in [3.8, 4) is 11.5 Å². The molecule has 0 amide bonds. The van der Waals surface area contributed by atoms with Gasteiger partial charge >= 0.3 is 0 Å². The zero-order valence-corrected chi connectivity index (χ0v) is 17.1. The third-order valence-electron chi connectivity index (χ3n) is 3.45. The Morgan fingerprint density at radius 3 is 2.56 bits per heavy atom. The molecular weight excluding hydrogens is 468 g/mol. The molecule has 128 valence electrons. The topological polar surface area (TPSA) is 56.0 Å². The largest absolute Gasteiger partial charge is 0.411 e. The van der Waals surface area contributed by atoms with Gasteiger partial charge in [-0.2, -0.15) is 0 Å². The molecule has 0 saturated carbocycles. The first-order valence-electron chi connectivity index (χ1n) is 7.63. The van der Waals surface area contributed by atoms with Crippen LogP contribution in [0.3, 0.4) is 0 Å². The van der Waals surface area contributed by atoms with Crippen LogP contribution in [0, 0.1) is 0 Å². The van der Waals surface area contributed by atoms with Crippen molar-refractivity contribution in [1.29, 1.82) is 0 Å². The standard InChI is InChI=1S/C18H14Br2N2O2S/c19-13-9-7-12(8-10-13)16(23)6-3-11-25-18-22-21-17(24-18)14-4-1-2-5-15(14)20/h1-2,4-5,7-10H,3,6,11H2. The van der Waals surface area contributed by atoms with Gasteiger partial charge in [-0.3, -0.25) is 4.79 Å². The van der Waals surface area contributed by atoms with Crippen molar-refractivity contribution in [1.82, 2.24) is 10.2 Å². The van der Waals surface area contributed by atoms with Crippen LogP contribution in [0.2, 0.25) is 0 Å². The summed E-state index contributed by atoms with van der Waals surface area (Å²) in [7, 11) is 0. The number of hydrogen-bond donors (Lipinski definition) is 0. The molecule has 3 rings (SSSR count). The molecular formula is C18H14Br2N2O2S. The quantitative estimate of drug-likeness (QED) is 0.234. The molecule has 0 bridgehead atoms. The molecule has 1 aromatic heterocycles. The molecule has 0 aliphatic heterocycles. The lowest BCUT2D eigenvalue weighted by Crippen LogP contribution is -1.99. The first kappa shape index (κ1) is 18.4. The molecule has 1 heterocycles. The number of carbonyl (C=O) groups excluding carboxylic acids is 1. The zero-order chi connectivity index (χ0) is 17.6. The van der Waals surface area contributed by atoms with Crippen molar-refractivity contribution in [3.63, 3.8) is 0 Å². The third kappa shape index (κ3) is 5.03. The molecule has 3 aromatic rings. The van der Waals surface area contributed by atoms with Gasteiger partial charge in [-0.25, -0.2) is 0 Å². The molecule has 0 radical (unpaired) electrons. The minimum atomic E-state index is 0.146. The van der Waals surface area contributed by atoms with Gasteiger partial charge in [0.25, 0.3) is 5.22 Å². The molecule has 0 spiro atoms. The maximum absolute atomic E-state index is 12.1. The molecule has 0 fully saturated rings. The number of nitrogens with zero attached hydrogens (tertiary/aromatic N) is 2. The summed E-state index contributed by atoms with van der Waals surface area (Å²) in [5, 5.41) is 8.65. The van der Waals surface area contributed by atoms with Crippen LogP contribution in [0.5, 0.6) is 0 Å². The highest BCUT2D eigenvalue weighted by Gasteiger charge is 2.12. The highest BCUT2D eigenvalue weighted by atomic mass is 79.9. The lowest BCUT2D eigenvalue weighted by molar-refractivity contribution is 0.0982. The highest BCUT2D eigenvalue weighted by Crippen LogP contribution is 2.29. The van der Waals surface area contributed by atoms with Crippen molar-refractivity contribution < 1.29 is 9.21 Å². The van der Waals surface area contributed by atoms with E-state index >= 15 is 0 Å². The molecule has 25 heavy (non-hydrogen) atoms. The van der Waals surface area contributed by atoms with E-state index in [9.17, 15) is 4.79 Å². The minimum Gasteiger partial charge on any atom is -0.411 e. The van der Waals surface area contributed by atoms with Gasteiger partial charge in [0.05, 0.1) is 5.56 Å². The Hall–Kier alpha value is -1.44. The molecule has 0 N–H and O–H groups in total. The lowest BCUT2D eigenvalue weighted by Gasteiger charge is -2.01. The van der Waals surface area contributed by atoms with Crippen molar-refractivity contribution in [2.24, 2.45) is 0 Å². The SMILES string of the molecule is O=C(CCCSc1nnc(-c2ccccc2Br)o1)c1ccc(Br)cc1. The van der Waals surface area contributed by atoms with Gasteiger partial charge < -0.3 is 4.42 Å². The molecule has 0 atom stereocenters. The van der Waals surface area contributed by atoms with Gasteiger partial charge in [-0.15, -0.1) is 10.2 Å². The van der Waals surface area contributed by atoms with Gasteiger partial charge in [0, 0.05) is 26.7 Å². The van der Waals surface area contributed by atoms with E-state index in [1.165, 1.54) is 11.8 Å². The number of thioether (sulfide) groups is 1. The van der Waals surface area contributed by atoms with Crippen LogP contribution in [-0.4, -0.2) is 21.7 Å². The van der Waals surface area contributed by atoms with Crippen molar-refractivity contribution >= 4 is 49.4 Å². The van der Waals surface area contributed by atoms with Crippen LogP contribution in [-0.2, 0) is 0 Å². The van der Waals surface area contributed by atoms with E-state index in [2.05, 4.69) is 42.1 Å². The number of aromatic nitrogens is 2. The Morgan fingerprint density at radius 1 is 1.04 bits per heavy atom. The lowest BCUT2D eigenvalue weighted by atomic mass is 10.1. The second-order valence-corrected chi connectivity index (χ2v) is 8.05. The Balaban J connectivity index is 1.49. The second kappa shape index (κ2) is 8.78. The van der Waals surface area contributed by atoms with Crippen LogP contribution in [0.25, 0.3) is 11.5 Å². The normalized spacial score (nSPS) is 10.8. The number of Topliss-reactive ketones (excluding diaryl/α,β-unsaturated/α-hetero) is 1. The molecule has 0 aliphatic rings. The summed E-state index contributed by atoms with van der Waals surface area (Å²) in [6, 6.07) is 15.1. The fourth-order valence-electron chi connectivity index (χ4n) is 2.18. The Kier molecular flexibility index (Phi) is 6.45. The summed E-state index contributed by atoms with van der Waals surface area (Å²) >= 11 is 8.31. The first-order chi connectivity index (χ1) is 12.1. The van der Waals surface area contributed by atoms with E-state index in [1.807, 2.05) is 48.5 Å². The Bertz CT molecular complexity index is 866. The van der Waals surface area contributed by atoms with Crippen LogP contribution < -0.4 is 0 Å². The molecule has 0 unspecified atom stereocenters. The number of benzene rings is 2. The molecule has 0 saturated heterocycles. The van der Waals surface area contributed by atoms with Gasteiger partial charge in [0.2, 0.25) is 5.89 Å². The van der Waals surface area contributed by atoms with E-state index in [4.69, 9.17) is 4.42 Å². The van der Waals surface area contributed by atoms with Gasteiger partial charge in [-0.1, -0.05) is 52.0 Å². The first-order valence-corrected chi connectivity index (χ1v) is 10.2. The molecule has 4 nitrogen and oxygen atoms in total. The monoisotopic (exact) mass is 480 g/mol. The zero-order valence-electron chi connectivity index (χ0n) is 13.1. The maximum Gasteiger partial charge on any atom is 0.276 e. The number of rotatable bonds is 7. The van der Waals surface area contributed by atoms with Crippen LogP contribution in [0.15, 0.2) is 67.1 Å². The summed E-state index contributed by atoms with van der Waals surface area (Å²) in [6.07, 6.45) is 1.26.